The number of rotatable bonds is 8. The average molecular weight is 404 g/mol. The van der Waals surface area contributed by atoms with Crippen LogP contribution in [0.5, 0.6) is 11.5 Å². The van der Waals surface area contributed by atoms with Crippen molar-refractivity contribution in [2.24, 2.45) is 5.92 Å². The minimum absolute atomic E-state index is 0.0257. The minimum atomic E-state index is -0.0257. The van der Waals surface area contributed by atoms with Gasteiger partial charge >= 0.3 is 0 Å². The van der Waals surface area contributed by atoms with Crippen LogP contribution in [0, 0.1) is 5.92 Å². The smallest absolute Gasteiger partial charge is 0.226 e. The maximum atomic E-state index is 12.3. The fourth-order valence-electron chi connectivity index (χ4n) is 3.57. The van der Waals surface area contributed by atoms with E-state index in [-0.39, 0.29) is 5.91 Å². The van der Waals surface area contributed by atoms with Crippen molar-refractivity contribution in [1.82, 2.24) is 9.88 Å². The van der Waals surface area contributed by atoms with Crippen LogP contribution in [0.15, 0.2) is 23.6 Å². The third-order valence-electron chi connectivity index (χ3n) is 5.01. The van der Waals surface area contributed by atoms with Gasteiger partial charge in [-0.25, -0.2) is 4.98 Å². The van der Waals surface area contributed by atoms with E-state index in [1.165, 1.54) is 24.2 Å². The molecule has 3 rings (SSSR count). The summed E-state index contributed by atoms with van der Waals surface area (Å²) in [5.41, 5.74) is 2.07. The predicted octanol–water partition coefficient (Wildman–Crippen LogP) is 3.96. The first-order valence-corrected chi connectivity index (χ1v) is 10.6. The Morgan fingerprint density at radius 1 is 1.32 bits per heavy atom. The zero-order chi connectivity index (χ0) is 19.9. The summed E-state index contributed by atoms with van der Waals surface area (Å²) in [4.78, 5) is 19.3. The van der Waals surface area contributed by atoms with Crippen molar-refractivity contribution < 1.29 is 14.3 Å². The zero-order valence-corrected chi connectivity index (χ0v) is 17.7. The molecular formula is C21H29N3O3S. The van der Waals surface area contributed by atoms with Gasteiger partial charge in [0.2, 0.25) is 5.91 Å². The first-order chi connectivity index (χ1) is 13.6. The van der Waals surface area contributed by atoms with E-state index in [9.17, 15) is 4.79 Å². The number of piperidine rings is 1. The minimum Gasteiger partial charge on any atom is -0.493 e. The van der Waals surface area contributed by atoms with E-state index in [0.717, 1.165) is 36.8 Å². The van der Waals surface area contributed by atoms with Crippen molar-refractivity contribution >= 4 is 22.4 Å². The SMILES string of the molecule is COc1ccc(CCC(=O)Nc2nc(CN3CCCC(C)C3)cs2)cc1OC. The number of nitrogens with zero attached hydrogens (tertiary/aromatic N) is 2. The Bertz CT molecular complexity index is 793. The average Bonchev–Trinajstić information content (AvgIpc) is 3.12. The standard InChI is InChI=1S/C21H29N3O3S/c1-15-5-4-10-24(12-15)13-17-14-28-21(22-17)23-20(25)9-7-16-6-8-18(26-2)19(11-16)27-3/h6,8,11,14-15H,4-5,7,9-10,12-13H2,1-3H3,(H,22,23,25). The molecular weight excluding hydrogens is 374 g/mol. The zero-order valence-electron chi connectivity index (χ0n) is 16.9. The number of methoxy groups -OCH3 is 2. The van der Waals surface area contributed by atoms with E-state index < -0.39 is 0 Å². The van der Waals surface area contributed by atoms with Crippen molar-refractivity contribution in [3.05, 3.63) is 34.8 Å². The van der Waals surface area contributed by atoms with Crippen LogP contribution in [0.3, 0.4) is 0 Å². The fraction of sp³-hybridized carbons (Fsp3) is 0.524. The van der Waals surface area contributed by atoms with Crippen LogP contribution in [-0.4, -0.2) is 43.1 Å². The van der Waals surface area contributed by atoms with Gasteiger partial charge in [0.25, 0.3) is 0 Å². The summed E-state index contributed by atoms with van der Waals surface area (Å²) in [6, 6.07) is 5.73. The maximum Gasteiger partial charge on any atom is 0.226 e. The normalized spacial score (nSPS) is 17.3. The number of carbonyl (C=O) groups is 1. The summed E-state index contributed by atoms with van der Waals surface area (Å²) in [5, 5.41) is 5.65. The lowest BCUT2D eigenvalue weighted by atomic mass is 10.0. The van der Waals surface area contributed by atoms with E-state index >= 15 is 0 Å². The third-order valence-corrected chi connectivity index (χ3v) is 5.82. The number of anilines is 1. The number of likely N-dealkylation sites (tertiary alicyclic amines) is 1. The lowest BCUT2D eigenvalue weighted by Gasteiger charge is -2.30. The first-order valence-electron chi connectivity index (χ1n) is 9.75. The summed E-state index contributed by atoms with van der Waals surface area (Å²) < 4.78 is 10.6. The molecule has 0 spiro atoms. The number of hydrogen-bond donors (Lipinski definition) is 1. The van der Waals surface area contributed by atoms with E-state index in [1.807, 2.05) is 23.6 Å². The number of thiazole rings is 1. The monoisotopic (exact) mass is 403 g/mol. The van der Waals surface area contributed by atoms with E-state index in [0.29, 0.717) is 29.5 Å². The number of aromatic nitrogens is 1. The summed E-state index contributed by atoms with van der Waals surface area (Å²) >= 11 is 1.49. The summed E-state index contributed by atoms with van der Waals surface area (Å²) in [6.45, 7) is 5.43. The maximum absolute atomic E-state index is 12.3. The molecule has 1 unspecified atom stereocenters. The highest BCUT2D eigenvalue weighted by Crippen LogP contribution is 2.28. The molecule has 1 aliphatic heterocycles. The van der Waals surface area contributed by atoms with Crippen molar-refractivity contribution in [2.45, 2.75) is 39.2 Å². The van der Waals surface area contributed by atoms with Gasteiger partial charge < -0.3 is 14.8 Å². The number of ether oxygens (including phenoxy) is 2. The van der Waals surface area contributed by atoms with Crippen LogP contribution >= 0.6 is 11.3 Å². The Balaban J connectivity index is 1.48. The Hall–Kier alpha value is -2.12. The van der Waals surface area contributed by atoms with Crippen molar-refractivity contribution in [3.63, 3.8) is 0 Å². The lowest BCUT2D eigenvalue weighted by molar-refractivity contribution is -0.116. The van der Waals surface area contributed by atoms with Gasteiger partial charge in [-0.05, 0) is 49.4 Å². The van der Waals surface area contributed by atoms with Crippen molar-refractivity contribution in [1.29, 1.82) is 0 Å². The van der Waals surface area contributed by atoms with E-state index in [1.54, 1.807) is 14.2 Å². The summed E-state index contributed by atoms with van der Waals surface area (Å²) in [6.07, 6.45) is 3.60. The molecule has 0 bridgehead atoms. The quantitative estimate of drug-likeness (QED) is 0.723. The molecule has 1 saturated heterocycles. The summed E-state index contributed by atoms with van der Waals surface area (Å²) in [5.74, 6) is 2.09. The Kier molecular flexibility index (Phi) is 7.28. The number of carbonyl (C=O) groups excluding carboxylic acids is 1. The van der Waals surface area contributed by atoms with Gasteiger partial charge in [-0.2, -0.15) is 0 Å². The summed E-state index contributed by atoms with van der Waals surface area (Å²) in [7, 11) is 3.22. The number of amides is 1. The largest absolute Gasteiger partial charge is 0.493 e. The molecule has 7 heteroatoms. The molecule has 1 aromatic heterocycles. The second-order valence-corrected chi connectivity index (χ2v) is 8.22. The van der Waals surface area contributed by atoms with Crippen LogP contribution in [0.1, 0.15) is 37.4 Å². The molecule has 6 nitrogen and oxygen atoms in total. The second-order valence-electron chi connectivity index (χ2n) is 7.36. The van der Waals surface area contributed by atoms with E-state index in [4.69, 9.17) is 9.47 Å². The molecule has 28 heavy (non-hydrogen) atoms. The Morgan fingerprint density at radius 3 is 2.89 bits per heavy atom. The second kappa shape index (κ2) is 9.89. The number of nitrogens with one attached hydrogen (secondary N) is 1. The molecule has 1 N–H and O–H groups in total. The first kappa shape index (κ1) is 20.6. The van der Waals surface area contributed by atoms with Gasteiger partial charge in [0.05, 0.1) is 19.9 Å². The molecule has 1 fully saturated rings. The molecule has 152 valence electrons. The third kappa shape index (κ3) is 5.69. The molecule has 0 aliphatic carbocycles. The van der Waals surface area contributed by atoms with E-state index in [2.05, 4.69) is 22.1 Å². The molecule has 1 atom stereocenters. The van der Waals surface area contributed by atoms with Gasteiger partial charge in [0.1, 0.15) is 0 Å². The van der Waals surface area contributed by atoms with Gasteiger partial charge in [0.15, 0.2) is 16.6 Å². The fourth-order valence-corrected chi connectivity index (χ4v) is 4.29. The topological polar surface area (TPSA) is 63.7 Å². The number of hydrogen-bond acceptors (Lipinski definition) is 6. The lowest BCUT2D eigenvalue weighted by Crippen LogP contribution is -2.33. The Morgan fingerprint density at radius 2 is 2.14 bits per heavy atom. The van der Waals surface area contributed by atoms with Crippen LogP contribution in [0.2, 0.25) is 0 Å². The highest BCUT2D eigenvalue weighted by Gasteiger charge is 2.17. The van der Waals surface area contributed by atoms with Gasteiger partial charge in [-0.1, -0.05) is 13.0 Å². The van der Waals surface area contributed by atoms with Gasteiger partial charge in [-0.3, -0.25) is 9.69 Å². The molecule has 2 aromatic rings. The molecule has 1 aliphatic rings. The highest BCUT2D eigenvalue weighted by molar-refractivity contribution is 7.13. The molecule has 1 aromatic carbocycles. The van der Waals surface area contributed by atoms with Crippen LogP contribution < -0.4 is 14.8 Å². The van der Waals surface area contributed by atoms with Crippen LogP contribution in [-0.2, 0) is 17.8 Å². The van der Waals surface area contributed by atoms with Crippen molar-refractivity contribution in [3.8, 4) is 11.5 Å². The van der Waals surface area contributed by atoms with Gasteiger partial charge in [-0.15, -0.1) is 11.3 Å². The predicted molar refractivity (Wildman–Crippen MR) is 112 cm³/mol. The number of aryl methyl sites for hydroxylation is 1. The van der Waals surface area contributed by atoms with Gasteiger partial charge in [0, 0.05) is 24.9 Å². The Labute approximate surface area is 170 Å². The molecule has 0 radical (unpaired) electrons. The molecule has 1 amide bonds. The van der Waals surface area contributed by atoms with Crippen LogP contribution in [0.4, 0.5) is 5.13 Å². The molecule has 2 heterocycles. The molecule has 0 saturated carbocycles. The number of benzene rings is 1. The van der Waals surface area contributed by atoms with Crippen LogP contribution in [0.25, 0.3) is 0 Å². The highest BCUT2D eigenvalue weighted by atomic mass is 32.1. The van der Waals surface area contributed by atoms with Crippen molar-refractivity contribution in [2.75, 3.05) is 32.6 Å².